The molecule has 0 aromatic rings. The van der Waals surface area contributed by atoms with Crippen LogP contribution in [-0.2, 0) is 0 Å². The van der Waals surface area contributed by atoms with Gasteiger partial charge in [-0.3, -0.25) is 0 Å². The summed E-state index contributed by atoms with van der Waals surface area (Å²) in [6, 6.07) is 2.20. The zero-order valence-corrected chi connectivity index (χ0v) is 9.46. The van der Waals surface area contributed by atoms with Crippen LogP contribution in [0.4, 0.5) is 0 Å². The molecule has 2 heteroatoms. The van der Waals surface area contributed by atoms with Gasteiger partial charge in [0.2, 0.25) is 0 Å². The Bertz CT molecular complexity index is 597. The Balaban J connectivity index is 2.12. The largest absolute Gasteiger partial charge is 0.349 e. The molecule has 2 bridgehead atoms. The van der Waals surface area contributed by atoms with E-state index in [1.807, 2.05) is 18.2 Å². The zero-order chi connectivity index (χ0) is 11.7. The molecule has 0 unspecified atom stereocenters. The number of nitrogens with one attached hydrogen (secondary N) is 1. The van der Waals surface area contributed by atoms with Crippen molar-refractivity contribution < 1.29 is 0 Å². The smallest absolute Gasteiger partial charge is 0.0992 e. The Morgan fingerprint density at radius 2 is 2.24 bits per heavy atom. The molecule has 0 aromatic heterocycles. The first kappa shape index (κ1) is 9.96. The number of rotatable bonds is 0. The van der Waals surface area contributed by atoms with E-state index in [1.165, 1.54) is 5.57 Å². The summed E-state index contributed by atoms with van der Waals surface area (Å²) >= 11 is 0. The van der Waals surface area contributed by atoms with Gasteiger partial charge in [0, 0.05) is 11.3 Å². The third-order valence-corrected chi connectivity index (χ3v) is 3.13. The molecule has 1 heterocycles. The van der Waals surface area contributed by atoms with E-state index in [0.717, 1.165) is 36.2 Å². The zero-order valence-electron chi connectivity index (χ0n) is 9.46. The summed E-state index contributed by atoms with van der Waals surface area (Å²) < 4.78 is 0. The maximum absolute atomic E-state index is 9.02. The highest BCUT2D eigenvalue weighted by molar-refractivity contribution is 5.57. The van der Waals surface area contributed by atoms with E-state index >= 15 is 0 Å². The van der Waals surface area contributed by atoms with Crippen LogP contribution in [0, 0.1) is 11.3 Å². The van der Waals surface area contributed by atoms with E-state index in [1.54, 1.807) is 0 Å². The molecule has 1 N–H and O–H groups in total. The van der Waals surface area contributed by atoms with Crippen molar-refractivity contribution in [3.63, 3.8) is 0 Å². The average Bonchev–Trinajstić information content (AvgIpc) is 2.67. The number of fused-ring (bicyclic) bond motifs is 1. The van der Waals surface area contributed by atoms with Gasteiger partial charge in [0.15, 0.2) is 0 Å². The standard InChI is InChI=1S/C15H12N2/c16-10-11-6-7-13-9-12(8-11)14-4-2-1-3-5-15(14)17-13/h3,5-8,17H,1-2,4H2. The van der Waals surface area contributed by atoms with Crippen molar-refractivity contribution in [2.24, 2.45) is 0 Å². The quantitative estimate of drug-likeness (QED) is 0.637. The predicted octanol–water partition coefficient (Wildman–Crippen LogP) is 3.01. The van der Waals surface area contributed by atoms with Gasteiger partial charge in [0.25, 0.3) is 0 Å². The molecule has 2 nitrogen and oxygen atoms in total. The Kier molecular flexibility index (Phi) is 2.33. The summed E-state index contributed by atoms with van der Waals surface area (Å²) in [7, 11) is 0. The van der Waals surface area contributed by atoms with E-state index < -0.39 is 0 Å². The van der Waals surface area contributed by atoms with Crippen molar-refractivity contribution in [2.45, 2.75) is 19.3 Å². The van der Waals surface area contributed by atoms with Crippen molar-refractivity contribution in [3.8, 4) is 6.07 Å². The van der Waals surface area contributed by atoms with Gasteiger partial charge in [0.1, 0.15) is 0 Å². The van der Waals surface area contributed by atoms with Crippen molar-refractivity contribution >= 4 is 0 Å². The molecule has 0 saturated heterocycles. The molecule has 0 atom stereocenters. The number of nitriles is 1. The van der Waals surface area contributed by atoms with Gasteiger partial charge in [-0.2, -0.15) is 5.26 Å². The highest BCUT2D eigenvalue weighted by atomic mass is 14.9. The second-order valence-electron chi connectivity index (χ2n) is 4.31. The van der Waals surface area contributed by atoms with Gasteiger partial charge in [-0.15, -0.1) is 0 Å². The first-order chi connectivity index (χ1) is 8.36. The summed E-state index contributed by atoms with van der Waals surface area (Å²) in [6.45, 7) is 0. The monoisotopic (exact) mass is 220 g/mol. The van der Waals surface area contributed by atoms with E-state index in [-0.39, 0.29) is 0 Å². The van der Waals surface area contributed by atoms with Crippen LogP contribution in [0.3, 0.4) is 0 Å². The van der Waals surface area contributed by atoms with Gasteiger partial charge in [-0.1, -0.05) is 11.8 Å². The van der Waals surface area contributed by atoms with Gasteiger partial charge < -0.3 is 5.32 Å². The molecular weight excluding hydrogens is 208 g/mol. The molecule has 82 valence electrons. The molecule has 0 radical (unpaired) electrons. The van der Waals surface area contributed by atoms with E-state index in [9.17, 15) is 0 Å². The van der Waals surface area contributed by atoms with Crippen LogP contribution in [-0.4, -0.2) is 0 Å². The fourth-order valence-corrected chi connectivity index (χ4v) is 2.28. The van der Waals surface area contributed by atoms with E-state index in [2.05, 4.69) is 29.3 Å². The van der Waals surface area contributed by atoms with Crippen LogP contribution in [0.15, 0.2) is 64.2 Å². The van der Waals surface area contributed by atoms with Crippen molar-refractivity contribution in [1.29, 1.82) is 5.26 Å². The van der Waals surface area contributed by atoms with E-state index in [0.29, 0.717) is 5.57 Å². The van der Waals surface area contributed by atoms with Crippen LogP contribution >= 0.6 is 0 Å². The molecule has 1 aliphatic heterocycles. The Hall–Kier alpha value is -2.23. The first-order valence-electron chi connectivity index (χ1n) is 5.85. The van der Waals surface area contributed by atoms with Crippen LogP contribution in [0.2, 0.25) is 0 Å². The first-order valence-corrected chi connectivity index (χ1v) is 5.85. The number of allylic oxidation sites excluding steroid dienone is 7. The fraction of sp³-hybridized carbons (Fsp3) is 0.200. The van der Waals surface area contributed by atoms with E-state index in [4.69, 9.17) is 5.26 Å². The number of hydrogen-bond acceptors (Lipinski definition) is 2. The van der Waals surface area contributed by atoms with Gasteiger partial charge in [-0.05, 0) is 49.1 Å². The summed E-state index contributed by atoms with van der Waals surface area (Å²) in [5, 5.41) is 12.4. The molecule has 3 rings (SSSR count). The van der Waals surface area contributed by atoms with Crippen LogP contribution in [0.25, 0.3) is 0 Å². The Morgan fingerprint density at radius 1 is 1.29 bits per heavy atom. The minimum absolute atomic E-state index is 0.686. The molecule has 0 saturated carbocycles. The molecule has 0 aromatic carbocycles. The van der Waals surface area contributed by atoms with Crippen LogP contribution in [0.1, 0.15) is 19.3 Å². The normalized spacial score (nSPS) is 21.2. The Labute approximate surface area is 101 Å². The molecule has 3 aliphatic rings. The molecule has 2 aliphatic carbocycles. The average molecular weight is 220 g/mol. The minimum Gasteiger partial charge on any atom is -0.349 e. The summed E-state index contributed by atoms with van der Waals surface area (Å²) in [5.41, 5.74) is 8.44. The van der Waals surface area contributed by atoms with Gasteiger partial charge in [-0.25, -0.2) is 0 Å². The second-order valence-corrected chi connectivity index (χ2v) is 4.31. The fourth-order valence-electron chi connectivity index (χ4n) is 2.28. The SMILES string of the molecule is N#CC1=CC2=C=C(C=C1)NC1=C2CCCC=C1. The van der Waals surface area contributed by atoms with Gasteiger partial charge in [0.05, 0.1) is 17.3 Å². The summed E-state index contributed by atoms with van der Waals surface area (Å²) in [5.74, 6) is 0. The lowest BCUT2D eigenvalue weighted by molar-refractivity contribution is 0.836. The van der Waals surface area contributed by atoms with Crippen molar-refractivity contribution in [1.82, 2.24) is 5.32 Å². The van der Waals surface area contributed by atoms with Crippen LogP contribution in [0.5, 0.6) is 0 Å². The maximum atomic E-state index is 9.02. The summed E-state index contributed by atoms with van der Waals surface area (Å²) in [6.07, 6.45) is 13.3. The summed E-state index contributed by atoms with van der Waals surface area (Å²) in [4.78, 5) is 0. The Morgan fingerprint density at radius 3 is 3.12 bits per heavy atom. The molecular formula is C15H12N2. The number of nitrogens with zero attached hydrogens (tertiary/aromatic N) is 1. The highest BCUT2D eigenvalue weighted by Gasteiger charge is 2.17. The number of hydrogen-bond donors (Lipinski definition) is 1. The molecule has 0 fully saturated rings. The van der Waals surface area contributed by atoms with Gasteiger partial charge >= 0.3 is 0 Å². The topological polar surface area (TPSA) is 35.8 Å². The maximum Gasteiger partial charge on any atom is 0.0992 e. The molecule has 17 heavy (non-hydrogen) atoms. The molecule has 0 spiro atoms. The van der Waals surface area contributed by atoms with Crippen LogP contribution < -0.4 is 5.32 Å². The second kappa shape index (κ2) is 3.97. The lowest BCUT2D eigenvalue weighted by Crippen LogP contribution is -2.15. The highest BCUT2D eigenvalue weighted by Crippen LogP contribution is 2.29. The third-order valence-electron chi connectivity index (χ3n) is 3.13. The molecule has 0 amide bonds. The minimum atomic E-state index is 0.686. The lowest BCUT2D eigenvalue weighted by atomic mass is 9.97. The van der Waals surface area contributed by atoms with Crippen molar-refractivity contribution in [3.05, 3.63) is 64.2 Å². The predicted molar refractivity (Wildman–Crippen MR) is 66.5 cm³/mol. The lowest BCUT2D eigenvalue weighted by Gasteiger charge is -2.16. The third kappa shape index (κ3) is 1.78. The van der Waals surface area contributed by atoms with Crippen molar-refractivity contribution in [2.75, 3.05) is 0 Å².